The van der Waals surface area contributed by atoms with Crippen LogP contribution in [0.5, 0.6) is 0 Å². The Morgan fingerprint density at radius 1 is 1.17 bits per heavy atom. The molecule has 2 aromatic heterocycles. The van der Waals surface area contributed by atoms with Crippen molar-refractivity contribution in [3.05, 3.63) is 42.9 Å². The van der Waals surface area contributed by atoms with E-state index in [9.17, 15) is 0 Å². The zero-order valence-electron chi connectivity index (χ0n) is 12.8. The molecule has 0 saturated carbocycles. The van der Waals surface area contributed by atoms with Crippen molar-refractivity contribution in [3.63, 3.8) is 0 Å². The van der Waals surface area contributed by atoms with Gasteiger partial charge in [0, 0.05) is 12.4 Å². The third kappa shape index (κ3) is 3.09. The van der Waals surface area contributed by atoms with Crippen LogP contribution in [0.3, 0.4) is 0 Å². The van der Waals surface area contributed by atoms with Gasteiger partial charge in [-0.15, -0.1) is 11.8 Å². The van der Waals surface area contributed by atoms with E-state index in [-0.39, 0.29) is 0 Å². The summed E-state index contributed by atoms with van der Waals surface area (Å²) < 4.78 is 7.66. The van der Waals surface area contributed by atoms with E-state index in [0.29, 0.717) is 6.10 Å². The smallest absolute Gasteiger partial charge is 0.167 e. The maximum Gasteiger partial charge on any atom is 0.167 e. The van der Waals surface area contributed by atoms with Gasteiger partial charge in [0.1, 0.15) is 11.4 Å². The molecule has 0 bridgehead atoms. The molecule has 0 aliphatic carbocycles. The van der Waals surface area contributed by atoms with E-state index in [1.54, 1.807) is 18.1 Å². The van der Waals surface area contributed by atoms with Crippen LogP contribution in [0.4, 0.5) is 0 Å². The fourth-order valence-electron chi connectivity index (χ4n) is 2.81. The number of hydrogen-bond acceptors (Lipinski definition) is 5. The third-order valence-electron chi connectivity index (χ3n) is 4.01. The topological polar surface area (TPSA) is 52.8 Å². The number of rotatable bonds is 4. The number of nitrogens with zero attached hydrogens (tertiary/aromatic N) is 4. The van der Waals surface area contributed by atoms with Gasteiger partial charge in [-0.25, -0.2) is 14.6 Å². The first-order valence-electron chi connectivity index (χ1n) is 7.90. The Morgan fingerprint density at radius 2 is 2.09 bits per heavy atom. The van der Waals surface area contributed by atoms with Crippen LogP contribution in [0.25, 0.3) is 16.7 Å². The molecule has 0 spiro atoms. The molecule has 118 valence electrons. The molecule has 1 aliphatic rings. The summed E-state index contributed by atoms with van der Waals surface area (Å²) in [5, 5.41) is 6.47. The van der Waals surface area contributed by atoms with Gasteiger partial charge >= 0.3 is 0 Å². The predicted molar refractivity (Wildman–Crippen MR) is 91.0 cm³/mol. The summed E-state index contributed by atoms with van der Waals surface area (Å²) in [7, 11) is 0. The summed E-state index contributed by atoms with van der Waals surface area (Å²) in [6.45, 7) is 0.885. The second-order valence-electron chi connectivity index (χ2n) is 5.61. The second kappa shape index (κ2) is 6.68. The van der Waals surface area contributed by atoms with Crippen LogP contribution in [0.15, 0.2) is 47.9 Å². The average molecular weight is 326 g/mol. The molecular weight excluding hydrogens is 308 g/mol. The van der Waals surface area contributed by atoms with E-state index in [1.807, 2.05) is 41.2 Å². The zero-order valence-corrected chi connectivity index (χ0v) is 13.6. The van der Waals surface area contributed by atoms with Gasteiger partial charge < -0.3 is 4.74 Å². The molecule has 6 heteroatoms. The normalized spacial score (nSPS) is 18.3. The van der Waals surface area contributed by atoms with Crippen molar-refractivity contribution >= 4 is 22.8 Å². The lowest BCUT2D eigenvalue weighted by molar-refractivity contribution is 0.0315. The first kappa shape index (κ1) is 14.7. The summed E-state index contributed by atoms with van der Waals surface area (Å²) in [6, 6.07) is 10.0. The highest BCUT2D eigenvalue weighted by atomic mass is 32.2. The molecule has 1 aromatic carbocycles. The van der Waals surface area contributed by atoms with Gasteiger partial charge in [-0.2, -0.15) is 5.10 Å². The van der Waals surface area contributed by atoms with Crippen molar-refractivity contribution in [3.8, 4) is 5.69 Å². The maximum atomic E-state index is 5.80. The SMILES string of the molecule is c1ccc(-n2ncc3c(SC[C@@H]4CCCCO4)ncnc32)cc1. The van der Waals surface area contributed by atoms with Gasteiger partial charge in [-0.3, -0.25) is 0 Å². The quantitative estimate of drug-likeness (QED) is 0.543. The minimum absolute atomic E-state index is 0.336. The Morgan fingerprint density at radius 3 is 2.91 bits per heavy atom. The Hall–Kier alpha value is -1.92. The van der Waals surface area contributed by atoms with Crippen LogP contribution in [0, 0.1) is 0 Å². The highest BCUT2D eigenvalue weighted by molar-refractivity contribution is 7.99. The largest absolute Gasteiger partial charge is 0.377 e. The van der Waals surface area contributed by atoms with Crippen molar-refractivity contribution in [1.29, 1.82) is 0 Å². The highest BCUT2D eigenvalue weighted by Crippen LogP contribution is 2.28. The molecule has 1 fully saturated rings. The summed E-state index contributed by atoms with van der Waals surface area (Å²) in [4.78, 5) is 8.86. The standard InChI is InChI=1S/C17H18N4OS/c1-2-6-13(7-3-1)21-16-15(10-20-21)17(19-12-18-16)23-11-14-8-4-5-9-22-14/h1-3,6-7,10,12,14H,4-5,8-9,11H2/t14-/m0/s1. The molecule has 0 amide bonds. The van der Waals surface area contributed by atoms with E-state index >= 15 is 0 Å². The van der Waals surface area contributed by atoms with E-state index in [1.165, 1.54) is 12.8 Å². The van der Waals surface area contributed by atoms with Crippen LogP contribution in [-0.4, -0.2) is 38.2 Å². The number of ether oxygens (including phenoxy) is 1. The molecule has 1 saturated heterocycles. The van der Waals surface area contributed by atoms with E-state index in [2.05, 4.69) is 15.1 Å². The van der Waals surface area contributed by atoms with Crippen LogP contribution < -0.4 is 0 Å². The number of fused-ring (bicyclic) bond motifs is 1. The Bertz CT molecular complexity index is 784. The second-order valence-corrected chi connectivity index (χ2v) is 6.62. The van der Waals surface area contributed by atoms with Gasteiger partial charge in [0.15, 0.2) is 5.65 Å². The van der Waals surface area contributed by atoms with Crippen molar-refractivity contribution in [1.82, 2.24) is 19.7 Å². The Balaban J connectivity index is 1.60. The summed E-state index contributed by atoms with van der Waals surface area (Å²) in [5.74, 6) is 0.933. The van der Waals surface area contributed by atoms with Crippen molar-refractivity contribution in [2.75, 3.05) is 12.4 Å². The van der Waals surface area contributed by atoms with Gasteiger partial charge in [0.2, 0.25) is 0 Å². The Labute approximate surface area is 139 Å². The fraction of sp³-hybridized carbons (Fsp3) is 0.353. The van der Waals surface area contributed by atoms with Crippen LogP contribution >= 0.6 is 11.8 Å². The summed E-state index contributed by atoms with van der Waals surface area (Å²) in [5.41, 5.74) is 1.85. The lowest BCUT2D eigenvalue weighted by Gasteiger charge is -2.21. The molecular formula is C17H18N4OS. The monoisotopic (exact) mass is 326 g/mol. The fourth-order valence-corrected chi connectivity index (χ4v) is 3.83. The third-order valence-corrected chi connectivity index (χ3v) is 5.15. The van der Waals surface area contributed by atoms with E-state index < -0.39 is 0 Å². The molecule has 0 unspecified atom stereocenters. The number of aromatic nitrogens is 4. The molecule has 0 N–H and O–H groups in total. The minimum atomic E-state index is 0.336. The van der Waals surface area contributed by atoms with Crippen LogP contribution in [-0.2, 0) is 4.74 Å². The number of para-hydroxylation sites is 1. The average Bonchev–Trinajstić information content (AvgIpc) is 3.06. The van der Waals surface area contributed by atoms with Gasteiger partial charge in [0.05, 0.1) is 23.4 Å². The van der Waals surface area contributed by atoms with Gasteiger partial charge in [-0.05, 0) is 31.4 Å². The van der Waals surface area contributed by atoms with Gasteiger partial charge in [-0.1, -0.05) is 18.2 Å². The molecule has 3 heterocycles. The lowest BCUT2D eigenvalue weighted by Crippen LogP contribution is -2.21. The first-order chi connectivity index (χ1) is 11.4. The van der Waals surface area contributed by atoms with E-state index in [4.69, 9.17) is 4.74 Å². The molecule has 3 aromatic rings. The minimum Gasteiger partial charge on any atom is -0.377 e. The highest BCUT2D eigenvalue weighted by Gasteiger charge is 2.16. The Kier molecular flexibility index (Phi) is 4.26. The van der Waals surface area contributed by atoms with Gasteiger partial charge in [0.25, 0.3) is 0 Å². The van der Waals surface area contributed by atoms with Crippen LogP contribution in [0.2, 0.25) is 0 Å². The number of hydrogen-bond donors (Lipinski definition) is 0. The molecule has 1 atom stereocenters. The molecule has 0 radical (unpaired) electrons. The van der Waals surface area contributed by atoms with Crippen molar-refractivity contribution < 1.29 is 4.74 Å². The van der Waals surface area contributed by atoms with E-state index in [0.717, 1.165) is 40.5 Å². The molecule has 4 rings (SSSR count). The maximum absolute atomic E-state index is 5.80. The molecule has 5 nitrogen and oxygen atoms in total. The summed E-state index contributed by atoms with van der Waals surface area (Å²) >= 11 is 1.74. The van der Waals surface area contributed by atoms with Crippen molar-refractivity contribution in [2.24, 2.45) is 0 Å². The lowest BCUT2D eigenvalue weighted by atomic mass is 10.1. The molecule has 23 heavy (non-hydrogen) atoms. The van der Waals surface area contributed by atoms with Crippen LogP contribution in [0.1, 0.15) is 19.3 Å². The molecule has 1 aliphatic heterocycles. The first-order valence-corrected chi connectivity index (χ1v) is 8.89. The van der Waals surface area contributed by atoms with Crippen molar-refractivity contribution in [2.45, 2.75) is 30.4 Å². The zero-order chi connectivity index (χ0) is 15.5. The summed E-state index contributed by atoms with van der Waals surface area (Å²) in [6.07, 6.45) is 7.40. The predicted octanol–water partition coefficient (Wildman–Crippen LogP) is 3.48. The number of benzene rings is 1. The number of thioether (sulfide) groups is 1.